The Morgan fingerprint density at radius 3 is 2.67 bits per heavy atom. The molecule has 3 nitrogen and oxygen atoms in total. The van der Waals surface area contributed by atoms with E-state index >= 15 is 0 Å². The molecule has 0 radical (unpaired) electrons. The molecule has 0 bridgehead atoms. The Labute approximate surface area is 141 Å². The Morgan fingerprint density at radius 2 is 1.95 bits per heavy atom. The molecule has 5 heteroatoms. The summed E-state index contributed by atoms with van der Waals surface area (Å²) in [5.74, 6) is 0. The minimum atomic E-state index is 0.826. The fourth-order valence-electron chi connectivity index (χ4n) is 2.64. The van der Waals surface area contributed by atoms with E-state index in [2.05, 4.69) is 90.5 Å². The number of hydrogen-bond acceptors (Lipinski definition) is 1. The summed E-state index contributed by atoms with van der Waals surface area (Å²) < 4.78 is 6.62. The molecule has 0 fully saturated rings. The van der Waals surface area contributed by atoms with Crippen molar-refractivity contribution in [3.63, 3.8) is 0 Å². The quantitative estimate of drug-likeness (QED) is 0.593. The van der Waals surface area contributed by atoms with Crippen molar-refractivity contribution >= 4 is 42.8 Å². The molecular formula is C16H17Br2N3. The highest BCUT2D eigenvalue weighted by atomic mass is 79.9. The first-order chi connectivity index (χ1) is 10.1. The molecule has 0 saturated carbocycles. The monoisotopic (exact) mass is 409 g/mol. The second-order valence-corrected chi connectivity index (χ2v) is 6.73. The average molecular weight is 411 g/mol. The second kappa shape index (κ2) is 5.97. The van der Waals surface area contributed by atoms with Crippen molar-refractivity contribution in [1.29, 1.82) is 0 Å². The van der Waals surface area contributed by atoms with Crippen LogP contribution in [0.1, 0.15) is 25.2 Å². The van der Waals surface area contributed by atoms with Gasteiger partial charge in [0.15, 0.2) is 0 Å². The maximum Gasteiger partial charge on any atom is 0.0767 e. The van der Waals surface area contributed by atoms with Crippen molar-refractivity contribution in [3.05, 3.63) is 50.8 Å². The van der Waals surface area contributed by atoms with E-state index < -0.39 is 0 Å². The Hall–Kier alpha value is -1.07. The smallest absolute Gasteiger partial charge is 0.0767 e. The molecule has 0 spiro atoms. The summed E-state index contributed by atoms with van der Waals surface area (Å²) >= 11 is 7.25. The molecule has 0 amide bonds. The van der Waals surface area contributed by atoms with E-state index in [0.29, 0.717) is 0 Å². The van der Waals surface area contributed by atoms with Crippen LogP contribution in [0, 0.1) is 0 Å². The lowest BCUT2D eigenvalue weighted by Gasteiger charge is -2.08. The Balaban J connectivity index is 2.04. The lowest BCUT2D eigenvalue weighted by Crippen LogP contribution is -2.07. The first kappa shape index (κ1) is 14.9. The molecule has 0 N–H and O–H groups in total. The fourth-order valence-corrected chi connectivity index (χ4v) is 3.71. The fraction of sp³-hybridized carbons (Fsp3) is 0.312. The summed E-state index contributed by atoms with van der Waals surface area (Å²) in [6, 6.07) is 8.54. The summed E-state index contributed by atoms with van der Waals surface area (Å²) in [5.41, 5.74) is 3.60. The van der Waals surface area contributed by atoms with Gasteiger partial charge in [0, 0.05) is 28.1 Å². The largest absolute Gasteiger partial charge is 0.341 e. The van der Waals surface area contributed by atoms with Crippen molar-refractivity contribution in [1.82, 2.24) is 14.3 Å². The van der Waals surface area contributed by atoms with Crippen LogP contribution in [0.15, 0.2) is 39.4 Å². The highest BCUT2D eigenvalue weighted by Crippen LogP contribution is 2.26. The number of benzene rings is 1. The number of nitrogens with zero attached hydrogens (tertiary/aromatic N) is 3. The molecule has 3 aromatic rings. The van der Waals surface area contributed by atoms with E-state index in [1.165, 1.54) is 16.6 Å². The van der Waals surface area contributed by atoms with Crippen LogP contribution >= 0.6 is 31.9 Å². The topological polar surface area (TPSA) is 22.8 Å². The summed E-state index contributed by atoms with van der Waals surface area (Å²) in [6.45, 7) is 5.98. The maximum atomic E-state index is 4.67. The van der Waals surface area contributed by atoms with Gasteiger partial charge in [0.2, 0.25) is 0 Å². The summed E-state index contributed by atoms with van der Waals surface area (Å²) in [7, 11) is 0. The summed E-state index contributed by atoms with van der Waals surface area (Å²) in [5, 5.41) is 5.92. The SMILES string of the molecule is CCc1nn(CC)c(Cn2ccc3cc(Br)ccc32)c1Br. The van der Waals surface area contributed by atoms with Gasteiger partial charge in [-0.1, -0.05) is 22.9 Å². The molecule has 0 unspecified atom stereocenters. The zero-order valence-corrected chi connectivity index (χ0v) is 15.3. The molecule has 21 heavy (non-hydrogen) atoms. The van der Waals surface area contributed by atoms with Crippen molar-refractivity contribution < 1.29 is 0 Å². The van der Waals surface area contributed by atoms with Crippen LogP contribution in [-0.4, -0.2) is 14.3 Å². The van der Waals surface area contributed by atoms with Crippen LogP contribution in [-0.2, 0) is 19.5 Å². The van der Waals surface area contributed by atoms with Gasteiger partial charge in [0.05, 0.1) is 22.4 Å². The molecule has 0 atom stereocenters. The van der Waals surface area contributed by atoms with E-state index in [-0.39, 0.29) is 0 Å². The average Bonchev–Trinajstić information content (AvgIpc) is 3.01. The van der Waals surface area contributed by atoms with Crippen molar-refractivity contribution in [2.45, 2.75) is 33.4 Å². The van der Waals surface area contributed by atoms with Crippen LogP contribution in [0.4, 0.5) is 0 Å². The molecule has 2 aromatic heterocycles. The van der Waals surface area contributed by atoms with Crippen molar-refractivity contribution in [3.8, 4) is 0 Å². The Kier molecular flexibility index (Phi) is 4.22. The number of fused-ring (bicyclic) bond motifs is 1. The third-order valence-corrected chi connectivity index (χ3v) is 5.16. The first-order valence-corrected chi connectivity index (χ1v) is 8.71. The van der Waals surface area contributed by atoms with Gasteiger partial charge in [-0.05, 0) is 53.5 Å². The van der Waals surface area contributed by atoms with Gasteiger partial charge in [-0.2, -0.15) is 5.10 Å². The molecule has 1 aromatic carbocycles. The molecule has 0 saturated heterocycles. The highest BCUT2D eigenvalue weighted by molar-refractivity contribution is 9.10. The minimum Gasteiger partial charge on any atom is -0.341 e. The van der Waals surface area contributed by atoms with Crippen molar-refractivity contribution in [2.24, 2.45) is 0 Å². The van der Waals surface area contributed by atoms with Crippen LogP contribution in [0.2, 0.25) is 0 Å². The predicted molar refractivity (Wildman–Crippen MR) is 93.7 cm³/mol. The van der Waals surface area contributed by atoms with Crippen molar-refractivity contribution in [2.75, 3.05) is 0 Å². The number of hydrogen-bond donors (Lipinski definition) is 0. The number of aromatic nitrogens is 3. The van der Waals surface area contributed by atoms with Gasteiger partial charge in [0.1, 0.15) is 0 Å². The standard InChI is InChI=1S/C16H17Br2N3/c1-3-13-16(18)15(21(4-2)19-13)10-20-8-7-11-9-12(17)5-6-14(11)20/h5-9H,3-4,10H2,1-2H3. The zero-order valence-electron chi connectivity index (χ0n) is 12.1. The Morgan fingerprint density at radius 1 is 1.14 bits per heavy atom. The molecule has 2 heterocycles. The van der Waals surface area contributed by atoms with E-state index in [0.717, 1.165) is 34.1 Å². The minimum absolute atomic E-state index is 0.826. The maximum absolute atomic E-state index is 4.67. The highest BCUT2D eigenvalue weighted by Gasteiger charge is 2.14. The van der Waals surface area contributed by atoms with E-state index in [1.54, 1.807) is 0 Å². The lowest BCUT2D eigenvalue weighted by atomic mass is 10.2. The van der Waals surface area contributed by atoms with Crippen LogP contribution in [0.5, 0.6) is 0 Å². The first-order valence-electron chi connectivity index (χ1n) is 7.12. The molecular weight excluding hydrogens is 394 g/mol. The molecule has 110 valence electrons. The van der Waals surface area contributed by atoms with Crippen LogP contribution in [0.3, 0.4) is 0 Å². The molecule has 0 aliphatic heterocycles. The number of halogens is 2. The third-order valence-electron chi connectivity index (χ3n) is 3.75. The molecule has 0 aliphatic carbocycles. The second-order valence-electron chi connectivity index (χ2n) is 5.02. The van der Waals surface area contributed by atoms with Crippen LogP contribution < -0.4 is 0 Å². The normalized spacial score (nSPS) is 11.4. The van der Waals surface area contributed by atoms with Gasteiger partial charge in [0.25, 0.3) is 0 Å². The summed E-state index contributed by atoms with van der Waals surface area (Å²) in [6.07, 6.45) is 3.09. The van der Waals surface area contributed by atoms with E-state index in [1.807, 2.05) is 0 Å². The van der Waals surface area contributed by atoms with Gasteiger partial charge in [-0.25, -0.2) is 0 Å². The zero-order chi connectivity index (χ0) is 15.0. The van der Waals surface area contributed by atoms with Gasteiger partial charge in [-0.3, -0.25) is 4.68 Å². The van der Waals surface area contributed by atoms with E-state index in [9.17, 15) is 0 Å². The van der Waals surface area contributed by atoms with Gasteiger partial charge < -0.3 is 4.57 Å². The van der Waals surface area contributed by atoms with Gasteiger partial charge >= 0.3 is 0 Å². The predicted octanol–water partition coefficient (Wildman–Crippen LogP) is 4.99. The third kappa shape index (κ3) is 2.69. The Bertz CT molecular complexity index is 786. The number of rotatable bonds is 4. The van der Waals surface area contributed by atoms with Crippen LogP contribution in [0.25, 0.3) is 10.9 Å². The van der Waals surface area contributed by atoms with Gasteiger partial charge in [-0.15, -0.1) is 0 Å². The number of aryl methyl sites for hydroxylation is 2. The molecule has 0 aliphatic rings. The summed E-state index contributed by atoms with van der Waals surface area (Å²) in [4.78, 5) is 0. The lowest BCUT2D eigenvalue weighted by molar-refractivity contribution is 0.598. The van der Waals surface area contributed by atoms with E-state index in [4.69, 9.17) is 0 Å². The molecule has 3 rings (SSSR count).